The Labute approximate surface area is 154 Å². The fourth-order valence-electron chi connectivity index (χ4n) is 2.21. The molecule has 0 atom stereocenters. The zero-order chi connectivity index (χ0) is 18.5. The van der Waals surface area contributed by atoms with Crippen LogP contribution in [0.5, 0.6) is 0 Å². The van der Waals surface area contributed by atoms with Crippen LogP contribution in [-0.2, 0) is 6.54 Å². The molecule has 0 saturated carbocycles. The minimum absolute atomic E-state index is 0.0682. The third kappa shape index (κ3) is 4.52. The standard InChI is InChI=1S/C18H15ClFN5O/c1-11-8-16(17(26)24-13-2-3-15(20)14(19)9-13)25-18(23-11)22-10-12-4-6-21-7-5-12/h2-9H,10H2,1H3,(H,24,26)(H,22,23,25). The largest absolute Gasteiger partial charge is 0.350 e. The molecule has 0 spiro atoms. The third-order valence-electron chi connectivity index (χ3n) is 3.46. The van der Waals surface area contributed by atoms with Gasteiger partial charge in [0.25, 0.3) is 5.91 Å². The van der Waals surface area contributed by atoms with Crippen molar-refractivity contribution in [1.82, 2.24) is 15.0 Å². The van der Waals surface area contributed by atoms with Gasteiger partial charge in [-0.25, -0.2) is 14.4 Å². The number of nitrogens with one attached hydrogen (secondary N) is 2. The predicted octanol–water partition coefficient (Wildman–Crippen LogP) is 3.84. The van der Waals surface area contributed by atoms with Crippen LogP contribution in [0.2, 0.25) is 5.02 Å². The molecule has 26 heavy (non-hydrogen) atoms. The van der Waals surface area contributed by atoms with Gasteiger partial charge in [-0.05, 0) is 48.9 Å². The van der Waals surface area contributed by atoms with Crippen molar-refractivity contribution in [3.05, 3.63) is 76.6 Å². The summed E-state index contributed by atoms with van der Waals surface area (Å²) in [5.74, 6) is -0.653. The quantitative estimate of drug-likeness (QED) is 0.712. The number of amides is 1. The van der Waals surface area contributed by atoms with Crippen LogP contribution in [0, 0.1) is 12.7 Å². The van der Waals surface area contributed by atoms with Crippen molar-refractivity contribution in [1.29, 1.82) is 0 Å². The van der Waals surface area contributed by atoms with Gasteiger partial charge in [0.15, 0.2) is 0 Å². The highest BCUT2D eigenvalue weighted by atomic mass is 35.5. The second-order valence-electron chi connectivity index (χ2n) is 5.51. The molecule has 0 aliphatic heterocycles. The second-order valence-corrected chi connectivity index (χ2v) is 5.92. The van der Waals surface area contributed by atoms with Crippen molar-refractivity contribution in [2.75, 3.05) is 10.6 Å². The lowest BCUT2D eigenvalue weighted by Gasteiger charge is -2.09. The van der Waals surface area contributed by atoms with Gasteiger partial charge in [-0.1, -0.05) is 11.6 Å². The highest BCUT2D eigenvalue weighted by molar-refractivity contribution is 6.31. The molecular formula is C18H15ClFN5O. The van der Waals surface area contributed by atoms with Gasteiger partial charge in [-0.2, -0.15) is 0 Å². The van der Waals surface area contributed by atoms with E-state index in [9.17, 15) is 9.18 Å². The van der Waals surface area contributed by atoms with Gasteiger partial charge >= 0.3 is 0 Å². The van der Waals surface area contributed by atoms with Gasteiger partial charge in [0.05, 0.1) is 5.02 Å². The van der Waals surface area contributed by atoms with Gasteiger partial charge in [0, 0.05) is 30.3 Å². The molecule has 0 fully saturated rings. The number of carbonyl (C=O) groups is 1. The van der Waals surface area contributed by atoms with Crippen LogP contribution in [0.1, 0.15) is 21.7 Å². The van der Waals surface area contributed by atoms with Crippen molar-refractivity contribution in [3.8, 4) is 0 Å². The van der Waals surface area contributed by atoms with Crippen LogP contribution >= 0.6 is 11.6 Å². The fourth-order valence-corrected chi connectivity index (χ4v) is 2.40. The molecule has 0 aliphatic carbocycles. The molecule has 0 saturated heterocycles. The average molecular weight is 372 g/mol. The van der Waals surface area contributed by atoms with Gasteiger partial charge in [-0.15, -0.1) is 0 Å². The summed E-state index contributed by atoms with van der Waals surface area (Å²) in [4.78, 5) is 24.9. The first kappa shape index (κ1) is 17.8. The maximum atomic E-state index is 13.2. The molecule has 3 aromatic rings. The summed E-state index contributed by atoms with van der Waals surface area (Å²) >= 11 is 5.73. The molecule has 132 valence electrons. The van der Waals surface area contributed by atoms with E-state index in [1.807, 2.05) is 12.1 Å². The number of benzene rings is 1. The molecule has 2 aromatic heterocycles. The maximum absolute atomic E-state index is 13.2. The van der Waals surface area contributed by atoms with E-state index in [-0.39, 0.29) is 10.7 Å². The third-order valence-corrected chi connectivity index (χ3v) is 3.75. The summed E-state index contributed by atoms with van der Waals surface area (Å²) in [6, 6.07) is 9.26. The first-order valence-corrected chi connectivity index (χ1v) is 8.14. The molecular weight excluding hydrogens is 357 g/mol. The van der Waals surface area contributed by atoms with Gasteiger partial charge in [0.1, 0.15) is 11.5 Å². The van der Waals surface area contributed by atoms with Crippen molar-refractivity contribution in [2.24, 2.45) is 0 Å². The molecule has 3 rings (SSSR count). The van der Waals surface area contributed by atoms with Crippen molar-refractivity contribution < 1.29 is 9.18 Å². The molecule has 0 aliphatic rings. The highest BCUT2D eigenvalue weighted by Gasteiger charge is 2.12. The summed E-state index contributed by atoms with van der Waals surface area (Å²) in [7, 11) is 0. The number of hydrogen-bond acceptors (Lipinski definition) is 5. The summed E-state index contributed by atoms with van der Waals surface area (Å²) in [5.41, 5.74) is 2.22. The monoisotopic (exact) mass is 371 g/mol. The Morgan fingerprint density at radius 2 is 1.92 bits per heavy atom. The van der Waals surface area contributed by atoms with Gasteiger partial charge in [-0.3, -0.25) is 9.78 Å². The van der Waals surface area contributed by atoms with E-state index < -0.39 is 11.7 Å². The molecule has 6 nitrogen and oxygen atoms in total. The summed E-state index contributed by atoms with van der Waals surface area (Å²) in [5, 5.41) is 5.65. The minimum Gasteiger partial charge on any atom is -0.350 e. The molecule has 2 heterocycles. The zero-order valence-electron chi connectivity index (χ0n) is 13.8. The van der Waals surface area contributed by atoms with Crippen molar-refractivity contribution in [3.63, 3.8) is 0 Å². The minimum atomic E-state index is -0.551. The lowest BCUT2D eigenvalue weighted by atomic mass is 10.2. The van der Waals surface area contributed by atoms with Gasteiger partial charge in [0.2, 0.25) is 5.95 Å². The van der Waals surface area contributed by atoms with E-state index in [1.165, 1.54) is 18.2 Å². The van der Waals surface area contributed by atoms with Crippen LogP contribution in [-0.4, -0.2) is 20.9 Å². The van der Waals surface area contributed by atoms with Crippen LogP contribution < -0.4 is 10.6 Å². The smallest absolute Gasteiger partial charge is 0.274 e. The first-order chi connectivity index (χ1) is 12.5. The van der Waals surface area contributed by atoms with Crippen LogP contribution in [0.3, 0.4) is 0 Å². The number of anilines is 2. The SMILES string of the molecule is Cc1cc(C(=O)Nc2ccc(F)c(Cl)c2)nc(NCc2ccncc2)n1. The number of pyridine rings is 1. The number of aryl methyl sites for hydroxylation is 1. The molecule has 2 N–H and O–H groups in total. The molecule has 1 aromatic carbocycles. The number of carbonyl (C=O) groups excluding carboxylic acids is 1. The molecule has 0 unspecified atom stereocenters. The van der Waals surface area contributed by atoms with E-state index >= 15 is 0 Å². The Hall–Kier alpha value is -3.06. The average Bonchev–Trinajstić information content (AvgIpc) is 2.63. The number of halogens is 2. The fraction of sp³-hybridized carbons (Fsp3) is 0.111. The molecule has 0 bridgehead atoms. The molecule has 8 heteroatoms. The van der Waals surface area contributed by atoms with E-state index in [0.717, 1.165) is 5.56 Å². The van der Waals surface area contributed by atoms with E-state index in [0.29, 0.717) is 23.9 Å². The highest BCUT2D eigenvalue weighted by Crippen LogP contribution is 2.20. The normalized spacial score (nSPS) is 10.4. The topological polar surface area (TPSA) is 79.8 Å². The van der Waals surface area contributed by atoms with Crippen molar-refractivity contribution in [2.45, 2.75) is 13.5 Å². The Kier molecular flexibility index (Phi) is 5.38. The van der Waals surface area contributed by atoms with Crippen LogP contribution in [0.25, 0.3) is 0 Å². The van der Waals surface area contributed by atoms with E-state index in [1.54, 1.807) is 25.4 Å². The first-order valence-electron chi connectivity index (χ1n) is 7.76. The number of nitrogens with zero attached hydrogens (tertiary/aromatic N) is 3. The Bertz CT molecular complexity index is 936. The molecule has 0 radical (unpaired) electrons. The van der Waals surface area contributed by atoms with E-state index in [2.05, 4.69) is 25.6 Å². The van der Waals surface area contributed by atoms with Crippen molar-refractivity contribution >= 4 is 29.1 Å². The maximum Gasteiger partial charge on any atom is 0.274 e. The Balaban J connectivity index is 1.73. The predicted molar refractivity (Wildman–Crippen MR) is 97.7 cm³/mol. The Morgan fingerprint density at radius 3 is 2.65 bits per heavy atom. The van der Waals surface area contributed by atoms with Crippen LogP contribution in [0.4, 0.5) is 16.0 Å². The zero-order valence-corrected chi connectivity index (χ0v) is 14.6. The number of hydrogen-bond donors (Lipinski definition) is 2. The van der Waals surface area contributed by atoms with Gasteiger partial charge < -0.3 is 10.6 Å². The second kappa shape index (κ2) is 7.88. The molecule has 1 amide bonds. The lowest BCUT2D eigenvalue weighted by Crippen LogP contribution is -2.16. The summed E-state index contributed by atoms with van der Waals surface area (Å²) in [6.07, 6.45) is 3.39. The summed E-state index contributed by atoms with van der Waals surface area (Å²) in [6.45, 7) is 2.27. The number of aromatic nitrogens is 3. The Morgan fingerprint density at radius 1 is 1.15 bits per heavy atom. The van der Waals surface area contributed by atoms with E-state index in [4.69, 9.17) is 11.6 Å². The number of rotatable bonds is 5. The van der Waals surface area contributed by atoms with Crippen LogP contribution in [0.15, 0.2) is 48.8 Å². The lowest BCUT2D eigenvalue weighted by molar-refractivity contribution is 0.102. The summed E-state index contributed by atoms with van der Waals surface area (Å²) < 4.78 is 13.2.